The molecule has 2 radical (unpaired) electrons. The molecule has 4 aromatic rings. The van der Waals surface area contributed by atoms with E-state index in [1.807, 2.05) is 61.5 Å². The van der Waals surface area contributed by atoms with E-state index in [2.05, 4.69) is 10.6 Å². The number of amides is 2. The van der Waals surface area contributed by atoms with Crippen molar-refractivity contribution in [3.05, 3.63) is 166 Å². The molecule has 4 saturated carbocycles. The van der Waals surface area contributed by atoms with Gasteiger partial charge in [0.05, 0.1) is 89.7 Å². The smallest absolute Gasteiger partial charge is 0.408 e. The summed E-state index contributed by atoms with van der Waals surface area (Å²) in [5.41, 5.74) is -11.1. The van der Waals surface area contributed by atoms with Crippen molar-refractivity contribution in [2.75, 3.05) is 34.0 Å². The molecule has 32 heteroatoms. The summed E-state index contributed by atoms with van der Waals surface area (Å²) in [5, 5.41) is 56.4. The summed E-state index contributed by atoms with van der Waals surface area (Å²) in [5.74, 6) is -10.8. The third kappa shape index (κ3) is 21.9. The Morgan fingerprint density at radius 3 is 1.21 bits per heavy atom. The second kappa shape index (κ2) is 42.8. The van der Waals surface area contributed by atoms with Crippen LogP contribution in [0.5, 0.6) is 0 Å². The van der Waals surface area contributed by atoms with Crippen LogP contribution in [0, 0.1) is 45.3 Å². The standard InChI is InChI=1S/C51H70NO14Si.C50H70NO13Si.W/c1-28(2)67(29(3)4)66-40(39(32-20-16-14-17-21-32)52-46(58)65-47(7,8)9)45(57)62-35-25-51(59)43(63-44(56)33-22-18-15-19-23-33)41-49(12,42(55)34(26-53)38(30(35)5)48(51,10)11)36(60-13)24-37-50(41,27-61-37)64-31(6)54;1-28(2)65(29(3)4)64-41(40(32-20-16-14-17-21-32)51-46(57)63-47(7,8)9)45(56)61-36-26-50(58)43(62-44(55)33-22-18-15-19-23-33)39-35(60-31(6)53)24-25-37(59-13)49(39,12)42(54)34(27-52)38(30(36)5)48(50,10)11;/h14-23,28-29,34-37,39-41,43,53,59H,24-27H2,1-13H3,(H,52,58);14-23,28-29,34-37,39-41,43,52,58H,24-27H2,1-13H3,(H,51,57);/t34-,35+,36+,37-,39+,40-,41?,43+,49-,50+,51-;34-,35+,36+,37+,39?,40+,41?,43+,49-,50-;/m11./s1. The molecule has 7 aliphatic rings. The summed E-state index contributed by atoms with van der Waals surface area (Å²) in [6, 6.07) is 31.9. The molecule has 3 unspecified atom stereocenters. The van der Waals surface area contributed by atoms with Gasteiger partial charge in [0, 0.05) is 79.2 Å². The number of ether oxygens (including phenoxy) is 11. The van der Waals surface area contributed by atoms with E-state index in [4.69, 9.17) is 61.0 Å². The van der Waals surface area contributed by atoms with E-state index in [1.54, 1.807) is 212 Å². The van der Waals surface area contributed by atoms with Crippen LogP contribution in [0.3, 0.4) is 0 Å². The Morgan fingerprint density at radius 1 is 0.504 bits per heavy atom. The van der Waals surface area contributed by atoms with E-state index in [-0.39, 0.29) is 98.6 Å². The molecule has 2 amide bonds. The average molecular weight is 2050 g/mol. The zero-order valence-electron chi connectivity index (χ0n) is 81.8. The summed E-state index contributed by atoms with van der Waals surface area (Å²) < 4.78 is 81.8. The van der Waals surface area contributed by atoms with Gasteiger partial charge in [-0.15, -0.1) is 0 Å². The molecule has 1 heterocycles. The van der Waals surface area contributed by atoms with E-state index in [0.29, 0.717) is 27.8 Å². The predicted molar refractivity (Wildman–Crippen MR) is 491 cm³/mol. The number of carbonyl (C=O) groups excluding carboxylic acids is 10. The number of aliphatic hydroxyl groups excluding tert-OH is 2. The minimum absolute atomic E-state index is 0. The molecule has 6 aliphatic carbocycles. The van der Waals surface area contributed by atoms with Crippen molar-refractivity contribution < 1.29 is 150 Å². The third-order valence-corrected chi connectivity index (χ3v) is 33.8. The Kier molecular flexibility index (Phi) is 34.9. The molecule has 0 spiro atoms. The minimum Gasteiger partial charge on any atom is -0.462 e. The van der Waals surface area contributed by atoms with Gasteiger partial charge in [-0.25, -0.2) is 28.8 Å². The SMILES string of the molecule is CO[C@H]1CC[C@H](OC(C)=O)C2[C@H](OC(=O)c3ccccc3)[C@]3(O)C[C@H](OC(=O)C(O[Si](C(C)C)C(C)C)[C@@H](NC(=O)OC(C)(C)C)c4ccccc4)C(C)=C([C@@H](CO)C(=O)[C@@]21C)C3(C)C.CO[C@H]1C[C@H]2OC[C@@]2(OC(C)=O)C2[C@H](OC(=O)c3ccccc3)[C@]3(O)C[C@H](OC(=O)[C@H](O[Si](C(C)C)C(C)C)[C@@H](NC(=O)OC(C)(C)C)c4ccccc4)C(C)=C([C@@H](CO)C(=O)[C@@]21C)C3(C)C.[W]. The van der Waals surface area contributed by atoms with Crippen molar-refractivity contribution in [1.82, 2.24) is 10.6 Å². The zero-order chi connectivity index (χ0) is 98.0. The summed E-state index contributed by atoms with van der Waals surface area (Å²) in [7, 11) is -0.721. The maximum atomic E-state index is 15.8. The topological polar surface area (TPSA) is 396 Å². The fraction of sp³-hybridized carbons (Fsp3) is 0.624. The molecule has 5 fully saturated rings. The van der Waals surface area contributed by atoms with Gasteiger partial charge in [-0.3, -0.25) is 19.2 Å². The first-order chi connectivity index (χ1) is 61.6. The summed E-state index contributed by atoms with van der Waals surface area (Å²) >= 11 is 0. The first kappa shape index (κ1) is 108. The van der Waals surface area contributed by atoms with E-state index in [0.717, 1.165) is 0 Å². The second-order valence-electron chi connectivity index (χ2n) is 41.0. The zero-order valence-corrected chi connectivity index (χ0v) is 86.8. The number of methoxy groups -OCH3 is 2. The van der Waals surface area contributed by atoms with Gasteiger partial charge in [0.2, 0.25) is 18.1 Å². The van der Waals surface area contributed by atoms with Crippen molar-refractivity contribution in [2.24, 2.45) is 45.3 Å². The van der Waals surface area contributed by atoms with E-state index in [1.165, 1.54) is 28.1 Å². The number of benzene rings is 4. The number of aliphatic hydroxyl groups is 4. The molecule has 730 valence electrons. The third-order valence-electron chi connectivity index (χ3n) is 28.2. The fourth-order valence-electron chi connectivity index (χ4n) is 22.2. The molecule has 29 nitrogen and oxygen atoms in total. The first-order valence-electron chi connectivity index (χ1n) is 45.9. The quantitative estimate of drug-likeness (QED) is 0.0133. The van der Waals surface area contributed by atoms with Crippen molar-refractivity contribution in [3.63, 3.8) is 0 Å². The van der Waals surface area contributed by atoms with Crippen LogP contribution in [0.4, 0.5) is 9.59 Å². The van der Waals surface area contributed by atoms with Gasteiger partial charge in [-0.05, 0) is 162 Å². The van der Waals surface area contributed by atoms with Crippen molar-refractivity contribution in [3.8, 4) is 0 Å². The van der Waals surface area contributed by atoms with E-state index in [9.17, 15) is 49.2 Å². The molecule has 21 atom stereocenters. The Labute approximate surface area is 800 Å². The largest absolute Gasteiger partial charge is 0.462 e. The number of fused-ring (bicyclic) bond motifs is 8. The molecule has 4 aromatic carbocycles. The summed E-state index contributed by atoms with van der Waals surface area (Å²) in [6.07, 6.45) is -14.1. The second-order valence-corrected chi connectivity index (χ2v) is 47.7. The Bertz CT molecular complexity index is 4850. The van der Waals surface area contributed by atoms with Crippen molar-refractivity contribution in [2.45, 2.75) is 322 Å². The molecule has 4 bridgehead atoms. The normalized spacial score (nSPS) is 29.7. The van der Waals surface area contributed by atoms with Gasteiger partial charge < -0.3 is 92.0 Å². The number of alkyl carbamates (subject to hydrolysis) is 2. The molecule has 1 saturated heterocycles. The number of rotatable bonds is 28. The van der Waals surface area contributed by atoms with Crippen LogP contribution in [-0.4, -0.2) is 221 Å². The number of hydrogen-bond acceptors (Lipinski definition) is 27. The minimum atomic E-state index is -2.23. The van der Waals surface area contributed by atoms with Gasteiger partial charge in [0.25, 0.3) is 0 Å². The fourth-order valence-corrected chi connectivity index (χ4v) is 27.0. The van der Waals surface area contributed by atoms with E-state index >= 15 is 19.2 Å². The van der Waals surface area contributed by atoms with Crippen LogP contribution in [0.1, 0.15) is 242 Å². The van der Waals surface area contributed by atoms with Gasteiger partial charge in [0.1, 0.15) is 59.0 Å². The van der Waals surface area contributed by atoms with Crippen LogP contribution in [0.25, 0.3) is 0 Å². The van der Waals surface area contributed by atoms with Crippen molar-refractivity contribution >= 4 is 77.6 Å². The van der Waals surface area contributed by atoms with Crippen LogP contribution in [-0.2, 0) is 111 Å². The Balaban J connectivity index is 0.000000297. The maximum Gasteiger partial charge on any atom is 0.408 e. The summed E-state index contributed by atoms with van der Waals surface area (Å²) in [6.45, 7) is 40.9. The molecule has 133 heavy (non-hydrogen) atoms. The van der Waals surface area contributed by atoms with E-state index < -0.39 is 237 Å². The number of esters is 6. The molecule has 0 aromatic heterocycles. The maximum absolute atomic E-state index is 15.8. The van der Waals surface area contributed by atoms with Crippen LogP contribution >= 0.6 is 0 Å². The molecular weight excluding hydrogens is 1910 g/mol. The average Bonchev–Trinajstić information content (AvgIpc) is 0.661. The number of nitrogens with one attached hydrogen (secondary N) is 2. The molecular formula is C101H140N2O27Si2W. The number of ketones is 2. The predicted octanol–water partition coefficient (Wildman–Crippen LogP) is 14.6. The first-order valence-corrected chi connectivity index (χ1v) is 49.0. The monoisotopic (exact) mass is 2050 g/mol. The number of hydrogen-bond donors (Lipinski definition) is 6. The van der Waals surface area contributed by atoms with Gasteiger partial charge in [-0.1, -0.05) is 180 Å². The molecule has 11 rings (SSSR count). The van der Waals surface area contributed by atoms with Gasteiger partial charge in [-0.2, -0.15) is 0 Å². The summed E-state index contributed by atoms with van der Waals surface area (Å²) in [4.78, 5) is 144. The van der Waals surface area contributed by atoms with Crippen LogP contribution in [0.2, 0.25) is 22.2 Å². The number of carbonyl (C=O) groups is 10. The molecule has 6 N–H and O–H groups in total. The van der Waals surface area contributed by atoms with Crippen LogP contribution < -0.4 is 10.6 Å². The Morgan fingerprint density at radius 2 is 0.872 bits per heavy atom. The van der Waals surface area contributed by atoms with Crippen LogP contribution in [0.15, 0.2) is 144 Å². The molecule has 1 aliphatic heterocycles. The van der Waals surface area contributed by atoms with Crippen molar-refractivity contribution in [1.29, 1.82) is 0 Å². The Hall–Kier alpha value is -8.18. The van der Waals surface area contributed by atoms with Gasteiger partial charge >= 0.3 is 48.0 Å². The number of Topliss-reactive ketones (excluding diaryl/α,β-unsaturated/α-hetero) is 2. The van der Waals surface area contributed by atoms with Gasteiger partial charge in [0.15, 0.2) is 29.4 Å².